The molecule has 0 radical (unpaired) electrons. The molecule has 88 valence electrons. The third-order valence-corrected chi connectivity index (χ3v) is 2.68. The van der Waals surface area contributed by atoms with Gasteiger partial charge in [-0.25, -0.2) is 9.97 Å². The Bertz CT molecular complexity index is 490. The van der Waals surface area contributed by atoms with Crippen LogP contribution in [0.4, 0.5) is 5.82 Å². The van der Waals surface area contributed by atoms with Gasteiger partial charge in [-0.1, -0.05) is 17.7 Å². The molecule has 4 nitrogen and oxygen atoms in total. The van der Waals surface area contributed by atoms with Crippen LogP contribution in [0.25, 0.3) is 0 Å². The van der Waals surface area contributed by atoms with Crippen LogP contribution in [0.1, 0.15) is 5.56 Å². The maximum absolute atomic E-state index is 6.12. The van der Waals surface area contributed by atoms with E-state index < -0.39 is 0 Å². The Balaban J connectivity index is 2.14. The zero-order chi connectivity index (χ0) is 12.1. The van der Waals surface area contributed by atoms with Gasteiger partial charge in [-0.3, -0.25) is 0 Å². The van der Waals surface area contributed by atoms with E-state index in [9.17, 15) is 0 Å². The highest BCUT2D eigenvalue weighted by molar-refractivity contribution is 6.31. The quantitative estimate of drug-likeness (QED) is 0.905. The summed E-state index contributed by atoms with van der Waals surface area (Å²) in [7, 11) is 1.62. The van der Waals surface area contributed by atoms with E-state index in [1.165, 1.54) is 6.33 Å². The largest absolute Gasteiger partial charge is 0.496 e. The zero-order valence-electron chi connectivity index (χ0n) is 9.35. The molecule has 0 aliphatic rings. The van der Waals surface area contributed by atoms with Gasteiger partial charge in [-0.2, -0.15) is 0 Å². The van der Waals surface area contributed by atoms with Gasteiger partial charge < -0.3 is 10.1 Å². The van der Waals surface area contributed by atoms with Crippen LogP contribution < -0.4 is 10.1 Å². The van der Waals surface area contributed by atoms with Crippen molar-refractivity contribution >= 4 is 17.4 Å². The molecule has 1 N–H and O–H groups in total. The average Bonchev–Trinajstić information content (AvgIpc) is 2.38. The standard InChI is InChI=1S/C12H12ClN3O/c1-17-11-4-2-3-10(13)9(11)7-15-12-5-6-14-8-16-12/h2-6,8H,7H2,1H3,(H,14,15,16). The highest BCUT2D eigenvalue weighted by Gasteiger charge is 2.07. The van der Waals surface area contributed by atoms with E-state index in [2.05, 4.69) is 15.3 Å². The number of rotatable bonds is 4. The van der Waals surface area contributed by atoms with Crippen LogP contribution >= 0.6 is 11.6 Å². The normalized spacial score (nSPS) is 10.0. The van der Waals surface area contributed by atoms with Crippen molar-refractivity contribution in [2.45, 2.75) is 6.54 Å². The Morgan fingerprint density at radius 3 is 2.94 bits per heavy atom. The highest BCUT2D eigenvalue weighted by atomic mass is 35.5. The Kier molecular flexibility index (Phi) is 3.77. The summed E-state index contributed by atoms with van der Waals surface area (Å²) in [5, 5.41) is 3.83. The molecule has 17 heavy (non-hydrogen) atoms. The predicted molar refractivity (Wildman–Crippen MR) is 67.4 cm³/mol. The third kappa shape index (κ3) is 2.85. The second-order valence-electron chi connectivity index (χ2n) is 3.37. The molecule has 0 amide bonds. The molecule has 0 aliphatic heterocycles. The minimum Gasteiger partial charge on any atom is -0.496 e. The number of nitrogens with zero attached hydrogens (tertiary/aromatic N) is 2. The second-order valence-corrected chi connectivity index (χ2v) is 3.78. The first-order valence-corrected chi connectivity index (χ1v) is 5.50. The lowest BCUT2D eigenvalue weighted by Crippen LogP contribution is -2.03. The van der Waals surface area contributed by atoms with Gasteiger partial charge in [-0.05, 0) is 18.2 Å². The van der Waals surface area contributed by atoms with Crippen molar-refractivity contribution in [3.63, 3.8) is 0 Å². The molecule has 5 heteroatoms. The summed E-state index contributed by atoms with van der Waals surface area (Å²) < 4.78 is 5.26. The number of hydrogen-bond acceptors (Lipinski definition) is 4. The number of hydrogen-bond donors (Lipinski definition) is 1. The number of benzene rings is 1. The lowest BCUT2D eigenvalue weighted by Gasteiger charge is -2.11. The molecule has 2 aromatic rings. The molecule has 1 aromatic heterocycles. The molecular weight excluding hydrogens is 238 g/mol. The maximum atomic E-state index is 6.12. The SMILES string of the molecule is COc1cccc(Cl)c1CNc1ccncn1. The summed E-state index contributed by atoms with van der Waals surface area (Å²) in [6.07, 6.45) is 3.17. The van der Waals surface area contributed by atoms with Crippen LogP contribution in [0.2, 0.25) is 5.02 Å². The van der Waals surface area contributed by atoms with Crippen LogP contribution in [0.15, 0.2) is 36.8 Å². The number of methoxy groups -OCH3 is 1. The summed E-state index contributed by atoms with van der Waals surface area (Å²) >= 11 is 6.12. The van der Waals surface area contributed by atoms with Crippen molar-refractivity contribution in [2.24, 2.45) is 0 Å². The molecule has 0 fully saturated rings. The summed E-state index contributed by atoms with van der Waals surface area (Å²) in [5.41, 5.74) is 0.912. The Morgan fingerprint density at radius 1 is 1.35 bits per heavy atom. The van der Waals surface area contributed by atoms with Gasteiger partial charge in [0.2, 0.25) is 0 Å². The van der Waals surface area contributed by atoms with Crippen molar-refractivity contribution in [1.82, 2.24) is 9.97 Å². The fourth-order valence-electron chi connectivity index (χ4n) is 1.48. The van der Waals surface area contributed by atoms with Gasteiger partial charge in [0.05, 0.1) is 7.11 Å². The van der Waals surface area contributed by atoms with Gasteiger partial charge in [0.1, 0.15) is 17.9 Å². The van der Waals surface area contributed by atoms with E-state index in [1.54, 1.807) is 19.4 Å². The van der Waals surface area contributed by atoms with E-state index in [0.29, 0.717) is 11.6 Å². The molecule has 0 bridgehead atoms. The third-order valence-electron chi connectivity index (χ3n) is 2.32. The summed E-state index contributed by atoms with van der Waals surface area (Å²) in [5.74, 6) is 1.51. The van der Waals surface area contributed by atoms with Crippen LogP contribution in [-0.2, 0) is 6.54 Å². The van der Waals surface area contributed by atoms with Crippen LogP contribution in [0.3, 0.4) is 0 Å². The highest BCUT2D eigenvalue weighted by Crippen LogP contribution is 2.26. The molecular formula is C12H12ClN3O. The number of nitrogens with one attached hydrogen (secondary N) is 1. The predicted octanol–water partition coefficient (Wildman–Crippen LogP) is 2.75. The smallest absolute Gasteiger partial charge is 0.129 e. The zero-order valence-corrected chi connectivity index (χ0v) is 10.1. The van der Waals surface area contributed by atoms with Gasteiger partial charge in [-0.15, -0.1) is 0 Å². The van der Waals surface area contributed by atoms with Crippen LogP contribution in [-0.4, -0.2) is 17.1 Å². The minimum atomic E-state index is 0.555. The number of aromatic nitrogens is 2. The van der Waals surface area contributed by atoms with Crippen LogP contribution in [0.5, 0.6) is 5.75 Å². The van der Waals surface area contributed by atoms with Gasteiger partial charge in [0.25, 0.3) is 0 Å². The monoisotopic (exact) mass is 249 g/mol. The van der Waals surface area contributed by atoms with E-state index in [0.717, 1.165) is 17.1 Å². The Morgan fingerprint density at radius 2 is 2.24 bits per heavy atom. The lowest BCUT2D eigenvalue weighted by atomic mass is 10.2. The van der Waals surface area contributed by atoms with E-state index in [1.807, 2.05) is 18.2 Å². The summed E-state index contributed by atoms with van der Waals surface area (Å²) in [4.78, 5) is 7.92. The maximum Gasteiger partial charge on any atom is 0.129 e. The van der Waals surface area contributed by atoms with Crippen molar-refractivity contribution in [2.75, 3.05) is 12.4 Å². The topological polar surface area (TPSA) is 47.0 Å². The first-order valence-electron chi connectivity index (χ1n) is 5.12. The van der Waals surface area contributed by atoms with Gasteiger partial charge in [0, 0.05) is 23.3 Å². The molecule has 0 saturated heterocycles. The van der Waals surface area contributed by atoms with Crippen molar-refractivity contribution < 1.29 is 4.74 Å². The number of halogens is 1. The molecule has 0 saturated carbocycles. The van der Waals surface area contributed by atoms with Crippen molar-refractivity contribution in [3.8, 4) is 5.75 Å². The average molecular weight is 250 g/mol. The van der Waals surface area contributed by atoms with Crippen molar-refractivity contribution in [3.05, 3.63) is 47.4 Å². The minimum absolute atomic E-state index is 0.555. The molecule has 0 aliphatic carbocycles. The number of anilines is 1. The van der Waals surface area contributed by atoms with Crippen molar-refractivity contribution in [1.29, 1.82) is 0 Å². The van der Waals surface area contributed by atoms with E-state index in [4.69, 9.17) is 16.3 Å². The molecule has 2 rings (SSSR count). The first kappa shape index (κ1) is 11.7. The van der Waals surface area contributed by atoms with Gasteiger partial charge >= 0.3 is 0 Å². The lowest BCUT2D eigenvalue weighted by molar-refractivity contribution is 0.410. The molecule has 1 heterocycles. The second kappa shape index (κ2) is 5.50. The van der Waals surface area contributed by atoms with Gasteiger partial charge in [0.15, 0.2) is 0 Å². The fourth-order valence-corrected chi connectivity index (χ4v) is 1.71. The Labute approximate surface area is 105 Å². The molecule has 1 aromatic carbocycles. The fraction of sp³-hybridized carbons (Fsp3) is 0.167. The van der Waals surface area contributed by atoms with E-state index >= 15 is 0 Å². The number of ether oxygens (including phenoxy) is 1. The molecule has 0 unspecified atom stereocenters. The summed E-state index contributed by atoms with van der Waals surface area (Å²) in [6, 6.07) is 7.36. The Hall–Kier alpha value is -1.81. The molecule has 0 spiro atoms. The summed E-state index contributed by atoms with van der Waals surface area (Å²) in [6.45, 7) is 0.555. The van der Waals surface area contributed by atoms with E-state index in [-0.39, 0.29) is 0 Å². The molecule has 0 atom stereocenters. The van der Waals surface area contributed by atoms with Crippen LogP contribution in [0, 0.1) is 0 Å². The first-order chi connectivity index (χ1) is 8.31.